The first kappa shape index (κ1) is 13.1. The molecule has 19 heavy (non-hydrogen) atoms. The van der Waals surface area contributed by atoms with E-state index in [1.165, 1.54) is 6.07 Å². The molecule has 1 unspecified atom stereocenters. The van der Waals surface area contributed by atoms with E-state index in [0.717, 1.165) is 0 Å². The van der Waals surface area contributed by atoms with Crippen molar-refractivity contribution in [1.29, 1.82) is 0 Å². The van der Waals surface area contributed by atoms with Gasteiger partial charge in [-0.2, -0.15) is 0 Å². The number of carbonyl (C=O) groups is 3. The first-order chi connectivity index (χ1) is 8.99. The number of amides is 2. The molecule has 6 heteroatoms. The average molecular weight is 262 g/mol. The number of rotatable bonds is 3. The molecule has 1 aromatic carbocycles. The van der Waals surface area contributed by atoms with Crippen molar-refractivity contribution < 1.29 is 19.5 Å². The minimum atomic E-state index is -1.04. The van der Waals surface area contributed by atoms with Gasteiger partial charge in [-0.3, -0.25) is 9.59 Å². The van der Waals surface area contributed by atoms with E-state index in [0.29, 0.717) is 24.1 Å². The summed E-state index contributed by atoms with van der Waals surface area (Å²) in [6.07, 6.45) is 0.800. The van der Waals surface area contributed by atoms with E-state index in [1.807, 2.05) is 0 Å². The summed E-state index contributed by atoms with van der Waals surface area (Å²) in [4.78, 5) is 34.0. The van der Waals surface area contributed by atoms with Crippen molar-refractivity contribution in [3.05, 3.63) is 29.3 Å². The lowest BCUT2D eigenvalue weighted by atomic mass is 10.1. The molecule has 2 rings (SSSR count). The molecule has 0 aromatic heterocycles. The number of carbonyl (C=O) groups excluding carboxylic acids is 2. The molecule has 0 radical (unpaired) electrons. The van der Waals surface area contributed by atoms with Crippen LogP contribution in [0.3, 0.4) is 0 Å². The molecule has 6 nitrogen and oxygen atoms in total. The maximum absolute atomic E-state index is 11.9. The van der Waals surface area contributed by atoms with Crippen LogP contribution in [-0.2, 0) is 9.59 Å². The lowest BCUT2D eigenvalue weighted by Gasteiger charge is -2.13. The molecule has 1 atom stereocenters. The molecular weight excluding hydrogens is 248 g/mol. The molecule has 1 heterocycles. The van der Waals surface area contributed by atoms with Gasteiger partial charge in [-0.05, 0) is 31.0 Å². The molecule has 0 spiro atoms. The fraction of sp³-hybridized carbons (Fsp3) is 0.308. The van der Waals surface area contributed by atoms with Gasteiger partial charge in [0.15, 0.2) is 0 Å². The zero-order chi connectivity index (χ0) is 14.0. The van der Waals surface area contributed by atoms with Gasteiger partial charge >= 0.3 is 5.97 Å². The Morgan fingerprint density at radius 3 is 2.74 bits per heavy atom. The Labute approximate surface area is 109 Å². The first-order valence-electron chi connectivity index (χ1n) is 5.92. The molecule has 3 N–H and O–H groups in total. The van der Waals surface area contributed by atoms with Gasteiger partial charge in [0.05, 0.1) is 5.56 Å². The standard InChI is InChI=1S/C13H14N2O4/c1-7-8(13(18)19)3-2-4-9(7)15-12(17)10-5-6-11(16)14-10/h2-4,10H,5-6H2,1H3,(H,14,16)(H,15,17)(H,18,19). The second kappa shape index (κ2) is 5.09. The highest BCUT2D eigenvalue weighted by atomic mass is 16.4. The Hall–Kier alpha value is -2.37. The Balaban J connectivity index is 2.15. The zero-order valence-corrected chi connectivity index (χ0v) is 10.4. The van der Waals surface area contributed by atoms with Crippen LogP contribution >= 0.6 is 0 Å². The Kier molecular flexibility index (Phi) is 3.50. The zero-order valence-electron chi connectivity index (χ0n) is 10.4. The van der Waals surface area contributed by atoms with E-state index in [4.69, 9.17) is 5.11 Å². The number of hydrogen-bond donors (Lipinski definition) is 3. The van der Waals surface area contributed by atoms with E-state index in [9.17, 15) is 14.4 Å². The quantitative estimate of drug-likeness (QED) is 0.754. The molecule has 1 aliphatic heterocycles. The van der Waals surface area contributed by atoms with Crippen molar-refractivity contribution >= 4 is 23.5 Å². The van der Waals surface area contributed by atoms with Crippen LogP contribution in [0.4, 0.5) is 5.69 Å². The summed E-state index contributed by atoms with van der Waals surface area (Å²) >= 11 is 0. The number of carboxylic acids is 1. The Morgan fingerprint density at radius 2 is 2.16 bits per heavy atom. The van der Waals surface area contributed by atoms with E-state index in [1.54, 1.807) is 19.1 Å². The summed E-state index contributed by atoms with van der Waals surface area (Å²) in [5.41, 5.74) is 1.09. The molecule has 1 saturated heterocycles. The van der Waals surface area contributed by atoms with Crippen molar-refractivity contribution in [3.8, 4) is 0 Å². The van der Waals surface area contributed by atoms with Gasteiger partial charge in [0.25, 0.3) is 0 Å². The average Bonchev–Trinajstić information content (AvgIpc) is 2.78. The van der Waals surface area contributed by atoms with Crippen molar-refractivity contribution in [2.45, 2.75) is 25.8 Å². The SMILES string of the molecule is Cc1c(NC(=O)C2CCC(=O)N2)cccc1C(=O)O. The van der Waals surface area contributed by atoms with Crippen molar-refractivity contribution in [2.24, 2.45) is 0 Å². The monoisotopic (exact) mass is 262 g/mol. The number of carboxylic acid groups (broad SMARTS) is 1. The number of hydrogen-bond acceptors (Lipinski definition) is 3. The van der Waals surface area contributed by atoms with Crippen LogP contribution in [0, 0.1) is 6.92 Å². The third kappa shape index (κ3) is 2.73. The van der Waals surface area contributed by atoms with E-state index < -0.39 is 12.0 Å². The number of benzene rings is 1. The largest absolute Gasteiger partial charge is 0.478 e. The smallest absolute Gasteiger partial charge is 0.336 e. The highest BCUT2D eigenvalue weighted by Crippen LogP contribution is 2.20. The minimum Gasteiger partial charge on any atom is -0.478 e. The van der Waals surface area contributed by atoms with Gasteiger partial charge in [0.2, 0.25) is 11.8 Å². The van der Waals surface area contributed by atoms with Crippen molar-refractivity contribution in [3.63, 3.8) is 0 Å². The predicted octanol–water partition coefficient (Wildman–Crippen LogP) is 0.910. The molecule has 0 bridgehead atoms. The summed E-state index contributed by atoms with van der Waals surface area (Å²) in [7, 11) is 0. The number of nitrogens with one attached hydrogen (secondary N) is 2. The maximum atomic E-state index is 11.9. The predicted molar refractivity (Wildman–Crippen MR) is 67.9 cm³/mol. The van der Waals surface area contributed by atoms with Crippen LogP contribution in [0.25, 0.3) is 0 Å². The molecule has 0 aliphatic carbocycles. The Bertz CT molecular complexity index is 554. The molecule has 2 amide bonds. The molecule has 1 aromatic rings. The first-order valence-corrected chi connectivity index (χ1v) is 5.92. The summed E-state index contributed by atoms with van der Waals surface area (Å²) in [5.74, 6) is -1.50. The normalized spacial score (nSPS) is 17.9. The highest BCUT2D eigenvalue weighted by Gasteiger charge is 2.27. The third-order valence-electron chi connectivity index (χ3n) is 3.13. The minimum absolute atomic E-state index is 0.142. The van der Waals surface area contributed by atoms with Gasteiger partial charge in [-0.1, -0.05) is 6.07 Å². The van der Waals surface area contributed by atoms with E-state index in [2.05, 4.69) is 10.6 Å². The van der Waals surface area contributed by atoms with Crippen molar-refractivity contribution in [2.75, 3.05) is 5.32 Å². The van der Waals surface area contributed by atoms with Gasteiger partial charge in [-0.25, -0.2) is 4.79 Å². The van der Waals surface area contributed by atoms with Crippen molar-refractivity contribution in [1.82, 2.24) is 5.32 Å². The molecule has 100 valence electrons. The topological polar surface area (TPSA) is 95.5 Å². The van der Waals surface area contributed by atoms with Crippen LogP contribution in [0.5, 0.6) is 0 Å². The van der Waals surface area contributed by atoms with Crippen LogP contribution in [0.2, 0.25) is 0 Å². The second-order valence-electron chi connectivity index (χ2n) is 4.43. The van der Waals surface area contributed by atoms with Crippen LogP contribution in [0.1, 0.15) is 28.8 Å². The number of anilines is 1. The summed E-state index contributed by atoms with van der Waals surface area (Å²) < 4.78 is 0. The van der Waals surface area contributed by atoms with Gasteiger partial charge in [-0.15, -0.1) is 0 Å². The molecule has 1 fully saturated rings. The summed E-state index contributed by atoms with van der Waals surface area (Å²) in [5, 5.41) is 14.2. The highest BCUT2D eigenvalue weighted by molar-refractivity contribution is 6.00. The second-order valence-corrected chi connectivity index (χ2v) is 4.43. The van der Waals surface area contributed by atoms with E-state index in [-0.39, 0.29) is 17.4 Å². The third-order valence-corrected chi connectivity index (χ3v) is 3.13. The van der Waals surface area contributed by atoms with Gasteiger partial charge < -0.3 is 15.7 Å². The van der Waals surface area contributed by atoms with Crippen LogP contribution in [-0.4, -0.2) is 28.9 Å². The lowest BCUT2D eigenvalue weighted by Crippen LogP contribution is -2.37. The van der Waals surface area contributed by atoms with Crippen LogP contribution in [0.15, 0.2) is 18.2 Å². The summed E-state index contributed by atoms with van der Waals surface area (Å²) in [6.45, 7) is 1.63. The lowest BCUT2D eigenvalue weighted by molar-refractivity contribution is -0.122. The fourth-order valence-corrected chi connectivity index (χ4v) is 2.03. The molecule has 0 saturated carbocycles. The summed E-state index contributed by atoms with van der Waals surface area (Å²) in [6, 6.07) is 4.14. The Morgan fingerprint density at radius 1 is 1.42 bits per heavy atom. The van der Waals surface area contributed by atoms with Gasteiger partial charge in [0.1, 0.15) is 6.04 Å². The molecular formula is C13H14N2O4. The van der Waals surface area contributed by atoms with Gasteiger partial charge in [0, 0.05) is 12.1 Å². The maximum Gasteiger partial charge on any atom is 0.336 e. The van der Waals surface area contributed by atoms with E-state index >= 15 is 0 Å². The fourth-order valence-electron chi connectivity index (χ4n) is 2.03. The molecule has 1 aliphatic rings. The number of aromatic carboxylic acids is 1. The van der Waals surface area contributed by atoms with Crippen LogP contribution < -0.4 is 10.6 Å².